The lowest BCUT2D eigenvalue weighted by Gasteiger charge is -2.26. The third kappa shape index (κ3) is 3.29. The van der Waals surface area contributed by atoms with Crippen LogP contribution >= 0.6 is 0 Å². The molecule has 1 saturated carbocycles. The first-order chi connectivity index (χ1) is 7.96. The second kappa shape index (κ2) is 4.77. The van der Waals surface area contributed by atoms with Gasteiger partial charge in [-0.25, -0.2) is 0 Å². The van der Waals surface area contributed by atoms with Gasteiger partial charge >= 0.3 is 0 Å². The van der Waals surface area contributed by atoms with E-state index >= 15 is 0 Å². The maximum absolute atomic E-state index is 4.25. The van der Waals surface area contributed by atoms with Crippen molar-refractivity contribution in [2.45, 2.75) is 52.6 Å². The summed E-state index contributed by atoms with van der Waals surface area (Å²) in [7, 11) is 2.25. The van der Waals surface area contributed by atoms with E-state index in [-0.39, 0.29) is 0 Å². The van der Waals surface area contributed by atoms with Crippen molar-refractivity contribution in [3.05, 3.63) is 29.6 Å². The lowest BCUT2D eigenvalue weighted by Crippen LogP contribution is -2.29. The van der Waals surface area contributed by atoms with E-state index in [0.717, 1.165) is 18.3 Å². The molecule has 2 nitrogen and oxygen atoms in total. The van der Waals surface area contributed by atoms with Crippen LogP contribution in [0.2, 0.25) is 0 Å². The molecule has 0 aliphatic heterocycles. The molecule has 0 saturated heterocycles. The van der Waals surface area contributed by atoms with Crippen molar-refractivity contribution in [1.29, 1.82) is 0 Å². The molecular weight excluding hydrogens is 208 g/mol. The summed E-state index contributed by atoms with van der Waals surface area (Å²) in [5.74, 6) is 0. The van der Waals surface area contributed by atoms with Gasteiger partial charge in [-0.05, 0) is 56.3 Å². The van der Waals surface area contributed by atoms with Crippen LogP contribution in [0, 0.1) is 12.3 Å². The van der Waals surface area contributed by atoms with E-state index in [1.54, 1.807) is 0 Å². The Labute approximate surface area is 105 Å². The highest BCUT2D eigenvalue weighted by Gasteiger charge is 2.32. The van der Waals surface area contributed by atoms with E-state index < -0.39 is 0 Å². The second-order valence-corrected chi connectivity index (χ2v) is 6.28. The zero-order valence-corrected chi connectivity index (χ0v) is 11.5. The van der Waals surface area contributed by atoms with Crippen molar-refractivity contribution in [3.63, 3.8) is 0 Å². The maximum atomic E-state index is 4.25. The van der Waals surface area contributed by atoms with Crippen LogP contribution in [0.1, 0.15) is 44.4 Å². The summed E-state index contributed by atoms with van der Waals surface area (Å²) in [6, 6.07) is 5.07. The van der Waals surface area contributed by atoms with Gasteiger partial charge in [-0.15, -0.1) is 0 Å². The lowest BCUT2D eigenvalue weighted by molar-refractivity contribution is 0.220. The molecule has 1 fully saturated rings. The number of aromatic nitrogens is 1. The van der Waals surface area contributed by atoms with Crippen molar-refractivity contribution in [2.24, 2.45) is 5.41 Å². The van der Waals surface area contributed by atoms with Crippen molar-refractivity contribution < 1.29 is 0 Å². The Morgan fingerprint density at radius 3 is 2.82 bits per heavy atom. The van der Waals surface area contributed by atoms with Crippen LogP contribution in [0.5, 0.6) is 0 Å². The first kappa shape index (κ1) is 12.6. The predicted molar refractivity (Wildman–Crippen MR) is 71.9 cm³/mol. The summed E-state index contributed by atoms with van der Waals surface area (Å²) in [6.07, 6.45) is 5.94. The molecule has 1 unspecified atom stereocenters. The summed E-state index contributed by atoms with van der Waals surface area (Å²) in [6.45, 7) is 7.88. The minimum Gasteiger partial charge on any atom is -0.299 e. The van der Waals surface area contributed by atoms with E-state index in [1.165, 1.54) is 24.8 Å². The highest BCUT2D eigenvalue weighted by atomic mass is 15.1. The van der Waals surface area contributed by atoms with Crippen LogP contribution < -0.4 is 0 Å². The summed E-state index contributed by atoms with van der Waals surface area (Å²) in [5.41, 5.74) is 3.03. The molecule has 0 bridgehead atoms. The monoisotopic (exact) mass is 232 g/mol. The Morgan fingerprint density at radius 1 is 1.47 bits per heavy atom. The lowest BCUT2D eigenvalue weighted by atomic mass is 9.91. The normalized spacial score (nSPS) is 23.2. The van der Waals surface area contributed by atoms with Crippen molar-refractivity contribution in [1.82, 2.24) is 9.88 Å². The molecule has 1 atom stereocenters. The first-order valence-corrected chi connectivity index (χ1v) is 6.58. The third-order valence-electron chi connectivity index (χ3n) is 3.96. The number of hydrogen-bond donors (Lipinski definition) is 0. The van der Waals surface area contributed by atoms with Gasteiger partial charge in [-0.2, -0.15) is 0 Å². The minimum atomic E-state index is 0.535. The fourth-order valence-corrected chi connectivity index (χ4v) is 2.90. The van der Waals surface area contributed by atoms with Gasteiger partial charge in [0.15, 0.2) is 0 Å². The Morgan fingerprint density at radius 2 is 2.24 bits per heavy atom. The van der Waals surface area contributed by atoms with Gasteiger partial charge in [0.25, 0.3) is 0 Å². The number of aryl methyl sites for hydroxylation is 1. The zero-order chi connectivity index (χ0) is 12.5. The predicted octanol–water partition coefficient (Wildman–Crippen LogP) is 3.40. The average Bonchev–Trinajstić information content (AvgIpc) is 2.59. The van der Waals surface area contributed by atoms with Crippen molar-refractivity contribution >= 4 is 0 Å². The molecule has 2 rings (SSSR count). The molecule has 94 valence electrons. The molecule has 1 aromatic rings. The van der Waals surface area contributed by atoms with E-state index in [4.69, 9.17) is 0 Å². The number of hydrogen-bond acceptors (Lipinski definition) is 2. The van der Waals surface area contributed by atoms with Gasteiger partial charge < -0.3 is 0 Å². The molecule has 1 aromatic heterocycles. The third-order valence-corrected chi connectivity index (χ3v) is 3.96. The van der Waals surface area contributed by atoms with Crippen molar-refractivity contribution in [3.8, 4) is 0 Å². The smallest absolute Gasteiger partial charge is 0.0375 e. The summed E-state index contributed by atoms with van der Waals surface area (Å²) >= 11 is 0. The van der Waals surface area contributed by atoms with Crippen LogP contribution in [0.15, 0.2) is 18.3 Å². The quantitative estimate of drug-likeness (QED) is 0.794. The Bertz CT molecular complexity index is 384. The molecule has 0 N–H and O–H groups in total. The Kier molecular flexibility index (Phi) is 3.53. The van der Waals surface area contributed by atoms with Crippen LogP contribution in [0.3, 0.4) is 0 Å². The number of nitrogens with zero attached hydrogens (tertiary/aromatic N) is 2. The summed E-state index contributed by atoms with van der Waals surface area (Å²) in [4.78, 5) is 6.75. The van der Waals surface area contributed by atoms with Crippen LogP contribution in [-0.4, -0.2) is 23.0 Å². The molecule has 1 aliphatic rings. The van der Waals surface area contributed by atoms with Crippen LogP contribution in [0.25, 0.3) is 0 Å². The highest BCUT2D eigenvalue weighted by Crippen LogP contribution is 2.39. The van der Waals surface area contributed by atoms with E-state index in [2.05, 4.69) is 49.8 Å². The molecule has 1 aliphatic carbocycles. The van der Waals surface area contributed by atoms with Gasteiger partial charge in [-0.3, -0.25) is 9.88 Å². The average molecular weight is 232 g/mol. The van der Waals surface area contributed by atoms with E-state index in [1.807, 2.05) is 6.20 Å². The molecule has 0 radical (unpaired) electrons. The number of rotatable bonds is 3. The minimum absolute atomic E-state index is 0.535. The number of pyridine rings is 1. The summed E-state index contributed by atoms with van der Waals surface area (Å²) < 4.78 is 0. The van der Waals surface area contributed by atoms with E-state index in [0.29, 0.717) is 5.41 Å². The van der Waals surface area contributed by atoms with Crippen LogP contribution in [0.4, 0.5) is 0 Å². The second-order valence-electron chi connectivity index (χ2n) is 6.28. The molecule has 0 amide bonds. The Hall–Kier alpha value is -0.890. The fourth-order valence-electron chi connectivity index (χ4n) is 2.90. The SMILES string of the molecule is Cc1cc(CN(C)C2CCC(C)(C)C2)ccn1. The van der Waals surface area contributed by atoms with Gasteiger partial charge in [-0.1, -0.05) is 13.8 Å². The topological polar surface area (TPSA) is 16.1 Å². The molecule has 0 spiro atoms. The largest absolute Gasteiger partial charge is 0.299 e. The zero-order valence-electron chi connectivity index (χ0n) is 11.5. The van der Waals surface area contributed by atoms with Crippen LogP contribution in [-0.2, 0) is 6.54 Å². The summed E-state index contributed by atoms with van der Waals surface area (Å²) in [5, 5.41) is 0. The molecular formula is C15H24N2. The molecule has 0 aromatic carbocycles. The maximum Gasteiger partial charge on any atom is 0.0375 e. The molecule has 1 heterocycles. The molecule has 17 heavy (non-hydrogen) atoms. The Balaban J connectivity index is 1.96. The highest BCUT2D eigenvalue weighted by molar-refractivity contribution is 5.15. The van der Waals surface area contributed by atoms with Gasteiger partial charge in [0, 0.05) is 24.5 Å². The standard InChI is InChI=1S/C15H24N2/c1-12-9-13(6-8-16-12)11-17(4)14-5-7-15(2,3)10-14/h6,8-9,14H,5,7,10-11H2,1-4H3. The first-order valence-electron chi connectivity index (χ1n) is 6.58. The van der Waals surface area contributed by atoms with Gasteiger partial charge in [0.05, 0.1) is 0 Å². The van der Waals surface area contributed by atoms with Gasteiger partial charge in [0.2, 0.25) is 0 Å². The fraction of sp³-hybridized carbons (Fsp3) is 0.667. The van der Waals surface area contributed by atoms with Crippen molar-refractivity contribution in [2.75, 3.05) is 7.05 Å². The molecule has 2 heteroatoms. The van der Waals surface area contributed by atoms with E-state index in [9.17, 15) is 0 Å². The van der Waals surface area contributed by atoms with Gasteiger partial charge in [0.1, 0.15) is 0 Å².